The molecule has 0 aromatic rings. The first-order chi connectivity index (χ1) is 8.58. The molecular formula is C13H19NO4. The van der Waals surface area contributed by atoms with Gasteiger partial charge in [0.25, 0.3) is 0 Å². The molecule has 1 saturated carbocycles. The Labute approximate surface area is 106 Å². The number of carboxylic acid groups (broad SMARTS) is 1. The van der Waals surface area contributed by atoms with Gasteiger partial charge in [-0.2, -0.15) is 0 Å². The van der Waals surface area contributed by atoms with Crippen molar-refractivity contribution < 1.29 is 19.4 Å². The van der Waals surface area contributed by atoms with Gasteiger partial charge in [0.2, 0.25) is 5.91 Å². The smallest absolute Gasteiger partial charge is 0.319 e. The Morgan fingerprint density at radius 1 is 1.06 bits per heavy atom. The highest BCUT2D eigenvalue weighted by atomic mass is 16.5. The van der Waals surface area contributed by atoms with Gasteiger partial charge in [0.05, 0.1) is 0 Å². The molecule has 3 rings (SSSR count). The van der Waals surface area contributed by atoms with Crippen LogP contribution in [0.25, 0.3) is 0 Å². The minimum absolute atomic E-state index is 0.154. The van der Waals surface area contributed by atoms with Crippen LogP contribution in [0.5, 0.6) is 0 Å². The molecule has 2 aliphatic heterocycles. The van der Waals surface area contributed by atoms with Gasteiger partial charge in [-0.3, -0.25) is 9.59 Å². The topological polar surface area (TPSA) is 66.8 Å². The number of aliphatic carboxylic acids is 1. The van der Waals surface area contributed by atoms with Crippen LogP contribution in [0.1, 0.15) is 32.1 Å². The average molecular weight is 253 g/mol. The summed E-state index contributed by atoms with van der Waals surface area (Å²) in [5.41, 5.74) is -0.876. The van der Waals surface area contributed by atoms with E-state index in [4.69, 9.17) is 9.84 Å². The monoisotopic (exact) mass is 253 g/mol. The zero-order chi connectivity index (χ0) is 12.8. The molecule has 3 fully saturated rings. The second-order valence-corrected chi connectivity index (χ2v) is 5.98. The summed E-state index contributed by atoms with van der Waals surface area (Å²) in [7, 11) is 0. The van der Waals surface area contributed by atoms with E-state index in [0.717, 1.165) is 39.0 Å². The van der Waals surface area contributed by atoms with Crippen LogP contribution < -0.4 is 0 Å². The number of carboxylic acids is 1. The minimum atomic E-state index is -1.07. The van der Waals surface area contributed by atoms with Crippen LogP contribution in [0, 0.1) is 10.8 Å². The quantitative estimate of drug-likeness (QED) is 0.742. The van der Waals surface area contributed by atoms with Gasteiger partial charge in [0, 0.05) is 26.3 Å². The maximum atomic E-state index is 12.3. The lowest BCUT2D eigenvalue weighted by Crippen LogP contribution is -2.41. The standard InChI is InChI=1S/C13H19NO4/c15-10(13(1-2-13)11(16)17)14-6-3-12(9-14)4-7-18-8-5-12/h1-9H2,(H,16,17). The summed E-state index contributed by atoms with van der Waals surface area (Å²) >= 11 is 0. The number of rotatable bonds is 2. The molecule has 2 heterocycles. The minimum Gasteiger partial charge on any atom is -0.480 e. The molecule has 3 aliphatic rings. The van der Waals surface area contributed by atoms with Gasteiger partial charge in [-0.15, -0.1) is 0 Å². The molecule has 1 spiro atoms. The summed E-state index contributed by atoms with van der Waals surface area (Å²) in [4.78, 5) is 25.3. The lowest BCUT2D eigenvalue weighted by molar-refractivity contribution is -0.153. The van der Waals surface area contributed by atoms with Gasteiger partial charge >= 0.3 is 5.97 Å². The summed E-state index contributed by atoms with van der Waals surface area (Å²) in [5, 5.41) is 9.17. The van der Waals surface area contributed by atoms with E-state index in [0.29, 0.717) is 19.4 Å². The molecule has 2 saturated heterocycles. The zero-order valence-electron chi connectivity index (χ0n) is 10.5. The molecular weight excluding hydrogens is 234 g/mol. The Bertz CT molecular complexity index is 382. The Hall–Kier alpha value is -1.10. The number of carbonyl (C=O) groups is 2. The van der Waals surface area contributed by atoms with Crippen LogP contribution in [0.4, 0.5) is 0 Å². The van der Waals surface area contributed by atoms with Crippen LogP contribution in [0.2, 0.25) is 0 Å². The van der Waals surface area contributed by atoms with Crippen molar-refractivity contribution in [2.24, 2.45) is 10.8 Å². The number of carbonyl (C=O) groups excluding carboxylic acids is 1. The fraction of sp³-hybridized carbons (Fsp3) is 0.846. The fourth-order valence-electron chi connectivity index (χ4n) is 3.27. The molecule has 0 atom stereocenters. The van der Waals surface area contributed by atoms with E-state index in [2.05, 4.69) is 0 Å². The Morgan fingerprint density at radius 2 is 1.72 bits per heavy atom. The maximum absolute atomic E-state index is 12.3. The van der Waals surface area contributed by atoms with Crippen LogP contribution in [0.15, 0.2) is 0 Å². The van der Waals surface area contributed by atoms with E-state index in [1.54, 1.807) is 4.90 Å². The van der Waals surface area contributed by atoms with Crippen molar-refractivity contribution in [2.75, 3.05) is 26.3 Å². The number of nitrogens with zero attached hydrogens (tertiary/aromatic N) is 1. The molecule has 5 nitrogen and oxygen atoms in total. The van der Waals surface area contributed by atoms with Crippen molar-refractivity contribution in [1.82, 2.24) is 4.90 Å². The number of hydrogen-bond donors (Lipinski definition) is 1. The van der Waals surface area contributed by atoms with Crippen molar-refractivity contribution in [3.05, 3.63) is 0 Å². The van der Waals surface area contributed by atoms with Gasteiger partial charge in [-0.25, -0.2) is 0 Å². The predicted molar refractivity (Wildman–Crippen MR) is 63.0 cm³/mol. The highest BCUT2D eigenvalue weighted by Crippen LogP contribution is 2.49. The first kappa shape index (κ1) is 12.0. The summed E-state index contributed by atoms with van der Waals surface area (Å²) < 4.78 is 5.37. The van der Waals surface area contributed by atoms with Gasteiger partial charge < -0.3 is 14.7 Å². The second kappa shape index (κ2) is 3.95. The Kier molecular flexibility index (Phi) is 2.62. The van der Waals surface area contributed by atoms with Gasteiger partial charge in [-0.05, 0) is 37.5 Å². The molecule has 1 amide bonds. The van der Waals surface area contributed by atoms with Gasteiger partial charge in [-0.1, -0.05) is 0 Å². The molecule has 0 aromatic heterocycles. The largest absolute Gasteiger partial charge is 0.480 e. The molecule has 5 heteroatoms. The van der Waals surface area contributed by atoms with E-state index in [-0.39, 0.29) is 11.3 Å². The average Bonchev–Trinajstić information content (AvgIpc) is 3.09. The second-order valence-electron chi connectivity index (χ2n) is 5.98. The Morgan fingerprint density at radius 3 is 2.28 bits per heavy atom. The molecule has 1 N–H and O–H groups in total. The van der Waals surface area contributed by atoms with Crippen molar-refractivity contribution in [3.8, 4) is 0 Å². The summed E-state index contributed by atoms with van der Waals surface area (Å²) in [6.07, 6.45) is 4.01. The summed E-state index contributed by atoms with van der Waals surface area (Å²) in [5.74, 6) is -1.10. The lowest BCUT2D eigenvalue weighted by Gasteiger charge is -2.33. The van der Waals surface area contributed by atoms with E-state index in [1.807, 2.05) is 0 Å². The SMILES string of the molecule is O=C(O)C1(C(=O)N2CCC3(CCOCC3)C2)CC1. The normalized spacial score (nSPS) is 28.3. The third kappa shape index (κ3) is 1.72. The third-order valence-corrected chi connectivity index (χ3v) is 4.85. The van der Waals surface area contributed by atoms with Crippen LogP contribution in [0.3, 0.4) is 0 Å². The first-order valence-electron chi connectivity index (χ1n) is 6.69. The molecule has 0 unspecified atom stereocenters. The molecule has 0 aromatic carbocycles. The molecule has 1 aliphatic carbocycles. The van der Waals surface area contributed by atoms with E-state index in [9.17, 15) is 9.59 Å². The molecule has 0 bridgehead atoms. The molecule has 0 radical (unpaired) electrons. The van der Waals surface area contributed by atoms with E-state index >= 15 is 0 Å². The third-order valence-electron chi connectivity index (χ3n) is 4.85. The number of ether oxygens (including phenoxy) is 1. The fourth-order valence-corrected chi connectivity index (χ4v) is 3.27. The van der Waals surface area contributed by atoms with Gasteiger partial charge in [0.15, 0.2) is 0 Å². The number of likely N-dealkylation sites (tertiary alicyclic amines) is 1. The predicted octanol–water partition coefficient (Wildman–Crippen LogP) is 0.880. The number of hydrogen-bond acceptors (Lipinski definition) is 3. The van der Waals surface area contributed by atoms with Crippen molar-refractivity contribution >= 4 is 11.9 Å². The van der Waals surface area contributed by atoms with Gasteiger partial charge in [0.1, 0.15) is 5.41 Å². The van der Waals surface area contributed by atoms with Crippen molar-refractivity contribution in [1.29, 1.82) is 0 Å². The highest BCUT2D eigenvalue weighted by molar-refractivity contribution is 6.04. The summed E-state index contributed by atoms with van der Waals surface area (Å²) in [6, 6.07) is 0. The van der Waals surface area contributed by atoms with Crippen molar-refractivity contribution in [3.63, 3.8) is 0 Å². The lowest BCUT2D eigenvalue weighted by atomic mass is 9.80. The van der Waals surface area contributed by atoms with Crippen LogP contribution in [-0.2, 0) is 14.3 Å². The summed E-state index contributed by atoms with van der Waals surface area (Å²) in [6.45, 7) is 2.98. The van der Waals surface area contributed by atoms with Crippen molar-refractivity contribution in [2.45, 2.75) is 32.1 Å². The first-order valence-corrected chi connectivity index (χ1v) is 6.69. The Balaban J connectivity index is 1.69. The zero-order valence-corrected chi connectivity index (χ0v) is 10.5. The molecule has 100 valence electrons. The van der Waals surface area contributed by atoms with E-state index < -0.39 is 11.4 Å². The van der Waals surface area contributed by atoms with Crippen LogP contribution in [-0.4, -0.2) is 48.2 Å². The van der Waals surface area contributed by atoms with E-state index in [1.165, 1.54) is 0 Å². The molecule has 18 heavy (non-hydrogen) atoms. The maximum Gasteiger partial charge on any atom is 0.319 e. The van der Waals surface area contributed by atoms with Crippen LogP contribution >= 0.6 is 0 Å². The number of amides is 1. The highest BCUT2D eigenvalue weighted by Gasteiger charge is 2.59.